The maximum Gasteiger partial charge on any atom is 0.307 e. The van der Waals surface area contributed by atoms with E-state index in [4.69, 9.17) is 5.11 Å². The summed E-state index contributed by atoms with van der Waals surface area (Å²) in [6, 6.07) is 6.19. The Balaban J connectivity index is 2.69. The molecule has 1 unspecified atom stereocenters. The van der Waals surface area contributed by atoms with Crippen molar-refractivity contribution in [3.05, 3.63) is 28.2 Å². The fraction of sp³-hybridized carbons (Fsp3) is 0.462. The lowest BCUT2D eigenvalue weighted by molar-refractivity contribution is -0.141. The minimum absolute atomic E-state index is 0.344. The van der Waals surface area contributed by atoms with Crippen molar-refractivity contribution in [2.24, 2.45) is 5.92 Å². The Hall–Kier alpha value is -0.520. The van der Waals surface area contributed by atoms with Crippen LogP contribution < -0.4 is 0 Å². The SMILES string of the molecule is CSc1cc(Br)ccc1CN(C)CC(C)C(=O)O. The molecule has 1 aromatic rings. The monoisotopic (exact) mass is 331 g/mol. The molecule has 0 aliphatic rings. The normalized spacial score (nSPS) is 12.7. The number of hydrogen-bond acceptors (Lipinski definition) is 3. The number of halogens is 1. The third-order valence-electron chi connectivity index (χ3n) is 2.70. The Morgan fingerprint density at radius 1 is 1.56 bits per heavy atom. The number of hydrogen-bond donors (Lipinski definition) is 1. The van der Waals surface area contributed by atoms with E-state index in [2.05, 4.69) is 28.1 Å². The highest BCUT2D eigenvalue weighted by Gasteiger charge is 2.14. The second-order valence-electron chi connectivity index (χ2n) is 4.39. The number of carboxylic acids is 1. The lowest BCUT2D eigenvalue weighted by Crippen LogP contribution is -2.28. The van der Waals surface area contributed by atoms with Crippen molar-refractivity contribution < 1.29 is 9.90 Å². The van der Waals surface area contributed by atoms with Crippen LogP contribution >= 0.6 is 27.7 Å². The van der Waals surface area contributed by atoms with Crippen LogP contribution in [0.25, 0.3) is 0 Å². The van der Waals surface area contributed by atoms with Gasteiger partial charge in [0.2, 0.25) is 0 Å². The highest BCUT2D eigenvalue weighted by atomic mass is 79.9. The zero-order valence-electron chi connectivity index (χ0n) is 10.8. The average molecular weight is 332 g/mol. The smallest absolute Gasteiger partial charge is 0.307 e. The molecule has 0 amide bonds. The van der Waals surface area contributed by atoms with Crippen molar-refractivity contribution in [1.82, 2.24) is 4.90 Å². The molecular weight excluding hydrogens is 314 g/mol. The summed E-state index contributed by atoms with van der Waals surface area (Å²) in [5.41, 5.74) is 1.23. The number of thioether (sulfide) groups is 1. The van der Waals surface area contributed by atoms with Gasteiger partial charge in [-0.25, -0.2) is 0 Å². The number of aliphatic carboxylic acids is 1. The summed E-state index contributed by atoms with van der Waals surface area (Å²) >= 11 is 5.16. The van der Waals surface area contributed by atoms with Gasteiger partial charge in [-0.3, -0.25) is 4.79 Å². The molecule has 1 N–H and O–H groups in total. The van der Waals surface area contributed by atoms with Gasteiger partial charge in [0, 0.05) is 22.5 Å². The molecule has 1 atom stereocenters. The Morgan fingerprint density at radius 3 is 2.78 bits per heavy atom. The second kappa shape index (κ2) is 7.16. The van der Waals surface area contributed by atoms with E-state index in [0.717, 1.165) is 11.0 Å². The minimum atomic E-state index is -0.747. The lowest BCUT2D eigenvalue weighted by atomic mass is 10.1. The van der Waals surface area contributed by atoms with Crippen LogP contribution in [0.1, 0.15) is 12.5 Å². The van der Waals surface area contributed by atoms with Crippen molar-refractivity contribution >= 4 is 33.7 Å². The van der Waals surface area contributed by atoms with E-state index in [-0.39, 0.29) is 5.92 Å². The van der Waals surface area contributed by atoms with Crippen LogP contribution in [0.15, 0.2) is 27.6 Å². The highest BCUT2D eigenvalue weighted by Crippen LogP contribution is 2.25. The van der Waals surface area contributed by atoms with Crippen molar-refractivity contribution in [2.75, 3.05) is 19.8 Å². The van der Waals surface area contributed by atoms with Gasteiger partial charge in [0.1, 0.15) is 0 Å². The van der Waals surface area contributed by atoms with Crippen LogP contribution in [0.4, 0.5) is 0 Å². The molecule has 18 heavy (non-hydrogen) atoms. The molecule has 0 aliphatic carbocycles. The van der Waals surface area contributed by atoms with E-state index in [1.165, 1.54) is 10.5 Å². The van der Waals surface area contributed by atoms with Crippen LogP contribution in [0, 0.1) is 5.92 Å². The van der Waals surface area contributed by atoms with Crippen molar-refractivity contribution in [1.29, 1.82) is 0 Å². The van der Waals surface area contributed by atoms with Gasteiger partial charge in [0.05, 0.1) is 5.92 Å². The largest absolute Gasteiger partial charge is 0.481 e. The van der Waals surface area contributed by atoms with Gasteiger partial charge in [0.25, 0.3) is 0 Å². The topological polar surface area (TPSA) is 40.5 Å². The fourth-order valence-electron chi connectivity index (χ4n) is 1.75. The number of carboxylic acid groups (broad SMARTS) is 1. The third kappa shape index (κ3) is 4.63. The Kier molecular flexibility index (Phi) is 6.18. The van der Waals surface area contributed by atoms with Gasteiger partial charge >= 0.3 is 5.97 Å². The summed E-state index contributed by atoms with van der Waals surface area (Å²) in [7, 11) is 1.95. The second-order valence-corrected chi connectivity index (χ2v) is 6.16. The van der Waals surface area contributed by atoms with Crippen molar-refractivity contribution in [3.8, 4) is 0 Å². The highest BCUT2D eigenvalue weighted by molar-refractivity contribution is 9.10. The first kappa shape index (κ1) is 15.5. The predicted octanol–water partition coefficient (Wildman–Crippen LogP) is 3.32. The summed E-state index contributed by atoms with van der Waals surface area (Å²) in [5.74, 6) is -1.09. The standard InChI is InChI=1S/C13H18BrNO2S/c1-9(13(16)17)7-15(2)8-10-4-5-11(14)6-12(10)18-3/h4-6,9H,7-8H2,1-3H3,(H,16,17). The number of carbonyl (C=O) groups is 1. The Labute approximate surface area is 121 Å². The summed E-state index contributed by atoms with van der Waals surface area (Å²) < 4.78 is 1.07. The molecule has 0 aromatic heterocycles. The quantitative estimate of drug-likeness (QED) is 0.812. The van der Waals surface area contributed by atoms with E-state index in [1.807, 2.05) is 24.3 Å². The molecule has 0 heterocycles. The molecule has 1 rings (SSSR count). The van der Waals surface area contributed by atoms with Crippen LogP contribution in [0.2, 0.25) is 0 Å². The molecule has 0 saturated heterocycles. The summed E-state index contributed by atoms with van der Waals surface area (Å²) in [6.45, 7) is 3.05. The predicted molar refractivity (Wildman–Crippen MR) is 79.1 cm³/mol. The van der Waals surface area contributed by atoms with E-state index in [1.54, 1.807) is 18.7 Å². The molecule has 0 fully saturated rings. The van der Waals surface area contributed by atoms with Crippen molar-refractivity contribution in [3.63, 3.8) is 0 Å². The molecule has 0 spiro atoms. The maximum atomic E-state index is 10.8. The minimum Gasteiger partial charge on any atom is -0.481 e. The molecule has 3 nitrogen and oxygen atoms in total. The van der Waals surface area contributed by atoms with Gasteiger partial charge in [-0.2, -0.15) is 0 Å². The molecule has 5 heteroatoms. The van der Waals surface area contributed by atoms with E-state index < -0.39 is 5.97 Å². The number of nitrogens with zero attached hydrogens (tertiary/aromatic N) is 1. The molecule has 0 bridgehead atoms. The van der Waals surface area contributed by atoms with Gasteiger partial charge < -0.3 is 10.0 Å². The molecule has 1 aromatic carbocycles. The molecule has 0 aliphatic heterocycles. The molecule has 0 radical (unpaired) electrons. The van der Waals surface area contributed by atoms with Crippen molar-refractivity contribution in [2.45, 2.75) is 18.4 Å². The van der Waals surface area contributed by atoms with Crippen LogP contribution in [-0.2, 0) is 11.3 Å². The summed E-state index contributed by atoms with van der Waals surface area (Å²) in [6.07, 6.45) is 2.05. The average Bonchev–Trinajstić information content (AvgIpc) is 2.31. The summed E-state index contributed by atoms with van der Waals surface area (Å²) in [4.78, 5) is 14.1. The molecular formula is C13H18BrNO2S. The Morgan fingerprint density at radius 2 is 2.22 bits per heavy atom. The summed E-state index contributed by atoms with van der Waals surface area (Å²) in [5, 5.41) is 8.90. The zero-order valence-corrected chi connectivity index (χ0v) is 13.2. The first-order valence-electron chi connectivity index (χ1n) is 5.67. The number of benzene rings is 1. The van der Waals surface area contributed by atoms with Gasteiger partial charge in [0.15, 0.2) is 0 Å². The van der Waals surface area contributed by atoms with E-state index in [0.29, 0.717) is 6.54 Å². The molecule has 100 valence electrons. The third-order valence-corrected chi connectivity index (χ3v) is 4.01. The van der Waals surface area contributed by atoms with Crippen LogP contribution in [-0.4, -0.2) is 35.8 Å². The van der Waals surface area contributed by atoms with Gasteiger partial charge in [-0.1, -0.05) is 28.9 Å². The van der Waals surface area contributed by atoms with Crippen LogP contribution in [0.3, 0.4) is 0 Å². The molecule has 0 saturated carbocycles. The fourth-order valence-corrected chi connectivity index (χ4v) is 2.90. The van der Waals surface area contributed by atoms with E-state index in [9.17, 15) is 4.79 Å². The van der Waals surface area contributed by atoms with E-state index >= 15 is 0 Å². The van der Waals surface area contributed by atoms with Crippen LogP contribution in [0.5, 0.6) is 0 Å². The first-order valence-corrected chi connectivity index (χ1v) is 7.69. The first-order chi connectivity index (χ1) is 8.43. The maximum absolute atomic E-state index is 10.8. The van der Waals surface area contributed by atoms with Gasteiger partial charge in [-0.05, 0) is 31.0 Å². The zero-order chi connectivity index (χ0) is 13.7. The lowest BCUT2D eigenvalue weighted by Gasteiger charge is -2.20. The number of rotatable bonds is 6. The van der Waals surface area contributed by atoms with Gasteiger partial charge in [-0.15, -0.1) is 11.8 Å². The Bertz CT molecular complexity index is 425.